The quantitative estimate of drug-likeness (QED) is 0.203. The molecule has 0 unspecified atom stereocenters. The van der Waals surface area contributed by atoms with Crippen LogP contribution < -0.4 is 15.0 Å². The summed E-state index contributed by atoms with van der Waals surface area (Å²) in [4.78, 5) is 17.7. The van der Waals surface area contributed by atoms with Crippen molar-refractivity contribution in [1.82, 2.24) is 20.2 Å². The van der Waals surface area contributed by atoms with Gasteiger partial charge in [-0.25, -0.2) is 4.98 Å². The van der Waals surface area contributed by atoms with Gasteiger partial charge in [0.1, 0.15) is 11.6 Å². The van der Waals surface area contributed by atoms with Crippen LogP contribution in [0, 0.1) is 0 Å². The number of hydrogen-bond donors (Lipinski definition) is 2. The number of aromatic amines is 1. The Morgan fingerprint density at radius 3 is 2.69 bits per heavy atom. The molecule has 3 aromatic rings. The Hall–Kier alpha value is -2.49. The molecule has 1 saturated heterocycles. The fourth-order valence-electron chi connectivity index (χ4n) is 3.96. The largest absolute Gasteiger partial charge is 0.497 e. The molecule has 0 spiro atoms. The molecular formula is C24H33IN6O. The minimum absolute atomic E-state index is 0. The Balaban J connectivity index is 0.00000289. The fourth-order valence-corrected chi connectivity index (χ4v) is 3.96. The number of aromatic nitrogens is 2. The molecule has 0 saturated carbocycles. The van der Waals surface area contributed by atoms with Crippen LogP contribution in [-0.4, -0.2) is 67.2 Å². The van der Waals surface area contributed by atoms with Gasteiger partial charge in [-0.1, -0.05) is 18.2 Å². The first-order valence-corrected chi connectivity index (χ1v) is 11.1. The van der Waals surface area contributed by atoms with Gasteiger partial charge in [0.05, 0.1) is 18.1 Å². The third-order valence-electron chi connectivity index (χ3n) is 5.60. The van der Waals surface area contributed by atoms with Crippen LogP contribution in [0.1, 0.15) is 19.2 Å². The summed E-state index contributed by atoms with van der Waals surface area (Å²) >= 11 is 0. The lowest BCUT2D eigenvalue weighted by atomic mass is 10.2. The standard InChI is InChI=1S/C24H32N6O.HI/c1-3-25-24(26-13-7-12-23-27-21-10-4-5-11-22(21)28-23)30-16-14-29(15-17-30)19-8-6-9-20(18-19)31-2;/h4-6,8-11,18H,3,7,12-17H2,1-2H3,(H,25,26)(H,27,28);1H. The summed E-state index contributed by atoms with van der Waals surface area (Å²) in [5.41, 5.74) is 3.35. The van der Waals surface area contributed by atoms with E-state index in [1.807, 2.05) is 30.3 Å². The molecule has 0 bridgehead atoms. The normalized spacial score (nSPS) is 14.4. The van der Waals surface area contributed by atoms with E-state index >= 15 is 0 Å². The number of hydrogen-bond acceptors (Lipinski definition) is 4. The van der Waals surface area contributed by atoms with Crippen molar-refractivity contribution < 1.29 is 4.74 Å². The highest BCUT2D eigenvalue weighted by atomic mass is 127. The van der Waals surface area contributed by atoms with E-state index in [0.29, 0.717) is 0 Å². The summed E-state index contributed by atoms with van der Waals surface area (Å²) in [7, 11) is 1.71. The lowest BCUT2D eigenvalue weighted by Crippen LogP contribution is -2.52. The molecule has 2 N–H and O–H groups in total. The second-order valence-electron chi connectivity index (χ2n) is 7.72. The SMILES string of the molecule is CCNC(=NCCCc1nc2ccccc2[nH]1)N1CCN(c2cccc(OC)c2)CC1.I. The fraction of sp³-hybridized carbons (Fsp3) is 0.417. The van der Waals surface area contributed by atoms with E-state index in [0.717, 1.165) is 80.7 Å². The van der Waals surface area contributed by atoms with E-state index < -0.39 is 0 Å². The zero-order chi connectivity index (χ0) is 21.5. The maximum absolute atomic E-state index is 5.37. The van der Waals surface area contributed by atoms with Gasteiger partial charge >= 0.3 is 0 Å². The number of H-pyrrole nitrogens is 1. The number of rotatable bonds is 7. The first-order valence-electron chi connectivity index (χ1n) is 11.1. The van der Waals surface area contributed by atoms with Gasteiger partial charge in [0.25, 0.3) is 0 Å². The molecule has 8 heteroatoms. The molecule has 0 aliphatic carbocycles. The van der Waals surface area contributed by atoms with Gasteiger partial charge < -0.3 is 24.8 Å². The highest BCUT2D eigenvalue weighted by Crippen LogP contribution is 2.22. The Kier molecular flexibility index (Phi) is 9.01. The molecule has 1 aromatic heterocycles. The molecule has 1 aliphatic rings. The summed E-state index contributed by atoms with van der Waals surface area (Å²) < 4.78 is 5.37. The van der Waals surface area contributed by atoms with E-state index in [9.17, 15) is 0 Å². The van der Waals surface area contributed by atoms with E-state index in [1.165, 1.54) is 5.69 Å². The van der Waals surface area contributed by atoms with Crippen LogP contribution in [0.25, 0.3) is 11.0 Å². The average molecular weight is 548 g/mol. The van der Waals surface area contributed by atoms with Gasteiger partial charge in [0.2, 0.25) is 0 Å². The van der Waals surface area contributed by atoms with Crippen molar-refractivity contribution in [2.24, 2.45) is 4.99 Å². The van der Waals surface area contributed by atoms with Crippen molar-refractivity contribution in [1.29, 1.82) is 0 Å². The maximum atomic E-state index is 5.37. The van der Waals surface area contributed by atoms with Crippen molar-refractivity contribution in [2.45, 2.75) is 19.8 Å². The number of halogens is 1. The van der Waals surface area contributed by atoms with E-state index in [1.54, 1.807) is 7.11 Å². The van der Waals surface area contributed by atoms with Crippen molar-refractivity contribution in [2.75, 3.05) is 51.3 Å². The molecule has 2 heterocycles. The number of methoxy groups -OCH3 is 1. The molecule has 0 atom stereocenters. The molecule has 1 aliphatic heterocycles. The number of nitrogens with zero attached hydrogens (tertiary/aromatic N) is 4. The Labute approximate surface area is 207 Å². The van der Waals surface area contributed by atoms with Crippen molar-refractivity contribution in [3.8, 4) is 5.75 Å². The number of nitrogens with one attached hydrogen (secondary N) is 2. The second-order valence-corrected chi connectivity index (χ2v) is 7.72. The summed E-state index contributed by atoms with van der Waals surface area (Å²) in [6.07, 6.45) is 1.87. The van der Waals surface area contributed by atoms with Crippen LogP contribution in [0.2, 0.25) is 0 Å². The minimum Gasteiger partial charge on any atom is -0.497 e. The number of fused-ring (bicyclic) bond motifs is 1. The molecule has 4 rings (SSSR count). The highest BCUT2D eigenvalue weighted by Gasteiger charge is 2.20. The van der Waals surface area contributed by atoms with Crippen molar-refractivity contribution in [3.63, 3.8) is 0 Å². The molecule has 32 heavy (non-hydrogen) atoms. The molecule has 0 amide bonds. The summed E-state index contributed by atoms with van der Waals surface area (Å²) in [5.74, 6) is 2.95. The highest BCUT2D eigenvalue weighted by molar-refractivity contribution is 14.0. The van der Waals surface area contributed by atoms with Gasteiger partial charge in [-0.2, -0.15) is 0 Å². The second kappa shape index (κ2) is 11.9. The molecule has 172 valence electrons. The van der Waals surface area contributed by atoms with Crippen LogP contribution >= 0.6 is 24.0 Å². The zero-order valence-corrected chi connectivity index (χ0v) is 21.2. The van der Waals surface area contributed by atoms with Crippen LogP contribution in [0.4, 0.5) is 5.69 Å². The lowest BCUT2D eigenvalue weighted by Gasteiger charge is -2.37. The summed E-state index contributed by atoms with van der Waals surface area (Å²) in [6.45, 7) is 7.62. The minimum atomic E-state index is 0. The molecule has 1 fully saturated rings. The zero-order valence-electron chi connectivity index (χ0n) is 18.9. The molecule has 0 radical (unpaired) electrons. The predicted octanol–water partition coefficient (Wildman–Crippen LogP) is 3.91. The number of imidazole rings is 1. The van der Waals surface area contributed by atoms with Crippen molar-refractivity contribution in [3.05, 3.63) is 54.4 Å². The van der Waals surface area contributed by atoms with Crippen LogP contribution in [0.5, 0.6) is 5.75 Å². The van der Waals surface area contributed by atoms with E-state index in [-0.39, 0.29) is 24.0 Å². The Morgan fingerprint density at radius 1 is 1.12 bits per heavy atom. The van der Waals surface area contributed by atoms with Crippen LogP contribution in [-0.2, 0) is 6.42 Å². The molecule has 7 nitrogen and oxygen atoms in total. The predicted molar refractivity (Wildman–Crippen MR) is 143 cm³/mol. The van der Waals surface area contributed by atoms with Gasteiger partial charge in [0, 0.05) is 57.4 Å². The van der Waals surface area contributed by atoms with Crippen molar-refractivity contribution >= 4 is 46.7 Å². The monoisotopic (exact) mass is 548 g/mol. The first kappa shape index (κ1) is 24.2. The molecular weight excluding hydrogens is 515 g/mol. The average Bonchev–Trinajstić information content (AvgIpc) is 3.24. The first-order chi connectivity index (χ1) is 15.3. The Bertz CT molecular complexity index is 979. The van der Waals surface area contributed by atoms with Crippen LogP contribution in [0.15, 0.2) is 53.5 Å². The summed E-state index contributed by atoms with van der Waals surface area (Å²) in [6, 6.07) is 16.5. The van der Waals surface area contributed by atoms with E-state index in [2.05, 4.69) is 50.2 Å². The lowest BCUT2D eigenvalue weighted by molar-refractivity contribution is 0.372. The van der Waals surface area contributed by atoms with Gasteiger partial charge in [-0.15, -0.1) is 24.0 Å². The summed E-state index contributed by atoms with van der Waals surface area (Å²) in [5, 5.41) is 3.46. The van der Waals surface area contributed by atoms with Gasteiger partial charge in [-0.05, 0) is 37.6 Å². The van der Waals surface area contributed by atoms with E-state index in [4.69, 9.17) is 9.73 Å². The van der Waals surface area contributed by atoms with Crippen LogP contribution in [0.3, 0.4) is 0 Å². The third kappa shape index (κ3) is 6.05. The number of benzene rings is 2. The number of guanidine groups is 1. The smallest absolute Gasteiger partial charge is 0.194 e. The maximum Gasteiger partial charge on any atom is 0.194 e. The van der Waals surface area contributed by atoms with Gasteiger partial charge in [0.15, 0.2) is 5.96 Å². The topological polar surface area (TPSA) is 68.8 Å². The number of anilines is 1. The Morgan fingerprint density at radius 2 is 1.94 bits per heavy atom. The number of ether oxygens (including phenoxy) is 1. The number of para-hydroxylation sites is 2. The third-order valence-corrected chi connectivity index (χ3v) is 5.60. The molecule has 2 aromatic carbocycles. The number of aliphatic imine (C=N–C) groups is 1. The number of piperazine rings is 1. The number of aryl methyl sites for hydroxylation is 1. The van der Waals surface area contributed by atoms with Gasteiger partial charge in [-0.3, -0.25) is 4.99 Å².